The van der Waals surface area contributed by atoms with E-state index in [1.165, 1.54) is 0 Å². The van der Waals surface area contributed by atoms with Crippen molar-refractivity contribution in [3.63, 3.8) is 0 Å². The third kappa shape index (κ3) is 2.68. The van der Waals surface area contributed by atoms with Gasteiger partial charge in [-0.15, -0.1) is 0 Å². The van der Waals surface area contributed by atoms with Gasteiger partial charge in [0.2, 0.25) is 0 Å². The van der Waals surface area contributed by atoms with Gasteiger partial charge >= 0.3 is 0 Å². The largest absolute Gasteiger partial charge is 0.321 e. The van der Waals surface area contributed by atoms with E-state index in [1.54, 1.807) is 10.7 Å². The fourth-order valence-corrected chi connectivity index (χ4v) is 3.60. The summed E-state index contributed by atoms with van der Waals surface area (Å²) >= 11 is 6.29. The lowest BCUT2D eigenvalue weighted by Gasteiger charge is -2.36. The predicted octanol–water partition coefficient (Wildman–Crippen LogP) is 1.34. The Morgan fingerprint density at radius 3 is 2.62 bits per heavy atom. The maximum absolute atomic E-state index is 13.2. The molecule has 4 rings (SSSR count). The van der Waals surface area contributed by atoms with Crippen LogP contribution in [-0.2, 0) is 0 Å². The smallest absolute Gasteiger partial charge is 0.281 e. The van der Waals surface area contributed by atoms with E-state index in [0.29, 0.717) is 27.7 Å². The van der Waals surface area contributed by atoms with Crippen molar-refractivity contribution in [2.75, 3.05) is 38.2 Å². The molecule has 2 heterocycles. The summed E-state index contributed by atoms with van der Waals surface area (Å²) < 4.78 is 1.70. The number of piperazine rings is 1. The highest BCUT2D eigenvalue weighted by atomic mass is 35.5. The Labute approximate surface area is 145 Å². The zero-order chi connectivity index (χ0) is 16.8. The molecule has 2 N–H and O–H groups in total. The molecule has 0 spiro atoms. The van der Waals surface area contributed by atoms with Crippen molar-refractivity contribution in [1.82, 2.24) is 14.6 Å². The van der Waals surface area contributed by atoms with E-state index < -0.39 is 0 Å². The minimum Gasteiger partial charge on any atom is -0.321 e. The molecule has 1 aromatic carbocycles. The van der Waals surface area contributed by atoms with Crippen LogP contribution in [0.4, 0.5) is 0 Å². The molecule has 0 bridgehead atoms. The van der Waals surface area contributed by atoms with E-state index in [2.05, 4.69) is 17.0 Å². The first kappa shape index (κ1) is 15.9. The molecule has 1 saturated heterocycles. The summed E-state index contributed by atoms with van der Waals surface area (Å²) in [6, 6.07) is 5.19. The summed E-state index contributed by atoms with van der Waals surface area (Å²) in [4.78, 5) is 20.2. The standard InChI is InChI=1S/C17H22ClN5O/c1-21-7-9-22(10-8-21)23-16(15(19)11-5-6-11)20-13-4-2-3-12(18)14(13)17(23)24/h2-4,11,15H,5-10,19H2,1H3/t15-/m0/s1. The van der Waals surface area contributed by atoms with Gasteiger partial charge in [-0.3, -0.25) is 4.79 Å². The third-order valence-corrected chi connectivity index (χ3v) is 5.36. The number of halogens is 1. The Kier molecular flexibility index (Phi) is 3.98. The van der Waals surface area contributed by atoms with E-state index in [0.717, 1.165) is 39.0 Å². The van der Waals surface area contributed by atoms with Crippen LogP contribution < -0.4 is 16.3 Å². The van der Waals surface area contributed by atoms with E-state index >= 15 is 0 Å². The molecule has 1 aromatic heterocycles. The summed E-state index contributed by atoms with van der Waals surface area (Å²) in [5.74, 6) is 1.09. The molecule has 0 unspecified atom stereocenters. The number of aromatic nitrogens is 2. The second kappa shape index (κ2) is 6.02. The molecular weight excluding hydrogens is 326 g/mol. The molecule has 1 atom stereocenters. The molecule has 0 amide bonds. The molecule has 1 aliphatic carbocycles. The van der Waals surface area contributed by atoms with Gasteiger partial charge in [0.1, 0.15) is 5.82 Å². The molecule has 0 radical (unpaired) electrons. The minimum atomic E-state index is -0.208. The van der Waals surface area contributed by atoms with E-state index in [9.17, 15) is 4.79 Å². The van der Waals surface area contributed by atoms with E-state index in [4.69, 9.17) is 22.3 Å². The molecule has 2 aromatic rings. The maximum atomic E-state index is 13.2. The lowest BCUT2D eigenvalue weighted by molar-refractivity contribution is 0.281. The van der Waals surface area contributed by atoms with Crippen molar-refractivity contribution in [1.29, 1.82) is 0 Å². The SMILES string of the molecule is CN1CCN(n2c([C@@H](N)C3CC3)nc3cccc(Cl)c3c2=O)CC1. The van der Waals surface area contributed by atoms with Crippen molar-refractivity contribution < 1.29 is 0 Å². The highest BCUT2D eigenvalue weighted by Gasteiger charge is 2.34. The lowest BCUT2D eigenvalue weighted by atomic mass is 10.1. The second-order valence-corrected chi connectivity index (χ2v) is 7.25. The van der Waals surface area contributed by atoms with Gasteiger partial charge in [0.15, 0.2) is 0 Å². The molecule has 2 fully saturated rings. The zero-order valence-electron chi connectivity index (χ0n) is 13.8. The molecule has 128 valence electrons. The van der Waals surface area contributed by atoms with Crippen LogP contribution in [0.15, 0.2) is 23.0 Å². The molecule has 1 aliphatic heterocycles. The average Bonchev–Trinajstić information content (AvgIpc) is 3.40. The third-order valence-electron chi connectivity index (χ3n) is 5.04. The van der Waals surface area contributed by atoms with Gasteiger partial charge < -0.3 is 15.6 Å². The fourth-order valence-electron chi connectivity index (χ4n) is 3.35. The molecule has 7 heteroatoms. The van der Waals surface area contributed by atoms with Crippen LogP contribution in [0.1, 0.15) is 24.7 Å². The summed E-state index contributed by atoms with van der Waals surface area (Å²) in [7, 11) is 2.09. The first-order valence-electron chi connectivity index (χ1n) is 8.47. The van der Waals surface area contributed by atoms with Gasteiger partial charge in [0.25, 0.3) is 5.56 Å². The van der Waals surface area contributed by atoms with Crippen LogP contribution in [0.2, 0.25) is 5.02 Å². The van der Waals surface area contributed by atoms with Gasteiger partial charge in [0.05, 0.1) is 22.0 Å². The number of benzene rings is 1. The van der Waals surface area contributed by atoms with Gasteiger partial charge in [-0.05, 0) is 37.9 Å². The quantitative estimate of drug-likeness (QED) is 0.907. The number of hydrogen-bond acceptors (Lipinski definition) is 5. The van der Waals surface area contributed by atoms with Crippen molar-refractivity contribution in [2.24, 2.45) is 11.7 Å². The number of hydrogen-bond donors (Lipinski definition) is 1. The van der Waals surface area contributed by atoms with Crippen molar-refractivity contribution in [3.8, 4) is 0 Å². The maximum Gasteiger partial charge on any atom is 0.281 e. The molecule has 1 saturated carbocycles. The Balaban J connectivity index is 1.90. The number of rotatable bonds is 3. The number of fused-ring (bicyclic) bond motifs is 1. The second-order valence-electron chi connectivity index (χ2n) is 6.84. The highest BCUT2D eigenvalue weighted by Crippen LogP contribution is 2.39. The van der Waals surface area contributed by atoms with Crippen LogP contribution in [0, 0.1) is 5.92 Å². The monoisotopic (exact) mass is 347 g/mol. The van der Waals surface area contributed by atoms with Crippen molar-refractivity contribution in [3.05, 3.63) is 39.4 Å². The van der Waals surface area contributed by atoms with Gasteiger partial charge in [0, 0.05) is 26.2 Å². The Bertz CT molecular complexity index is 824. The van der Waals surface area contributed by atoms with Crippen molar-refractivity contribution >= 4 is 22.5 Å². The van der Waals surface area contributed by atoms with Crippen LogP contribution in [0.3, 0.4) is 0 Å². The van der Waals surface area contributed by atoms with Gasteiger partial charge in [-0.25, -0.2) is 9.66 Å². The summed E-state index contributed by atoms with van der Waals surface area (Å²) in [6.07, 6.45) is 2.21. The van der Waals surface area contributed by atoms with E-state index in [1.807, 2.05) is 12.1 Å². The van der Waals surface area contributed by atoms with Crippen LogP contribution in [0.5, 0.6) is 0 Å². The zero-order valence-corrected chi connectivity index (χ0v) is 14.5. The molecular formula is C17H22ClN5O. The number of nitrogens with zero attached hydrogens (tertiary/aromatic N) is 4. The van der Waals surface area contributed by atoms with Crippen molar-refractivity contribution in [2.45, 2.75) is 18.9 Å². The van der Waals surface area contributed by atoms with Crippen LogP contribution >= 0.6 is 11.6 Å². The Morgan fingerprint density at radius 2 is 1.96 bits per heavy atom. The molecule has 2 aliphatic rings. The summed E-state index contributed by atoms with van der Waals surface area (Å²) in [5, 5.41) is 2.99. The lowest BCUT2D eigenvalue weighted by Crippen LogP contribution is -2.54. The van der Waals surface area contributed by atoms with Crippen LogP contribution in [0.25, 0.3) is 10.9 Å². The van der Waals surface area contributed by atoms with Gasteiger partial charge in [-0.2, -0.15) is 0 Å². The van der Waals surface area contributed by atoms with E-state index in [-0.39, 0.29) is 11.6 Å². The fraction of sp³-hybridized carbons (Fsp3) is 0.529. The first-order chi connectivity index (χ1) is 11.6. The average molecular weight is 348 g/mol. The normalized spacial score (nSPS) is 20.5. The summed E-state index contributed by atoms with van der Waals surface area (Å²) in [5.41, 5.74) is 6.96. The predicted molar refractivity (Wildman–Crippen MR) is 96.1 cm³/mol. The molecule has 24 heavy (non-hydrogen) atoms. The topological polar surface area (TPSA) is 67.4 Å². The number of likely N-dealkylation sites (N-methyl/N-ethyl adjacent to an activating group) is 1. The first-order valence-corrected chi connectivity index (χ1v) is 8.84. The molecule has 6 nitrogen and oxygen atoms in total. The summed E-state index contributed by atoms with van der Waals surface area (Å²) in [6.45, 7) is 3.37. The van der Waals surface area contributed by atoms with Crippen LogP contribution in [-0.4, -0.2) is 47.8 Å². The number of nitrogens with two attached hydrogens (primary N) is 1. The minimum absolute atomic E-state index is 0.110. The highest BCUT2D eigenvalue weighted by molar-refractivity contribution is 6.35. The van der Waals surface area contributed by atoms with Gasteiger partial charge in [-0.1, -0.05) is 17.7 Å². The Morgan fingerprint density at radius 1 is 1.25 bits per heavy atom. The Hall–Kier alpha value is -1.63.